The summed E-state index contributed by atoms with van der Waals surface area (Å²) in [5.74, 6) is 0.0634. The largest absolute Gasteiger partial charge is 0.493 e. The van der Waals surface area contributed by atoms with Gasteiger partial charge in [-0.15, -0.1) is 0 Å². The maximum atomic E-state index is 13.8. The number of carbonyl (C=O) groups excluding carboxylic acids is 2. The Hall–Kier alpha value is -3.03. The molecule has 1 aliphatic rings. The van der Waals surface area contributed by atoms with E-state index in [4.69, 9.17) is 14.2 Å². The first-order valence-electron chi connectivity index (χ1n) is 13.7. The number of nitrogens with one attached hydrogen (secondary N) is 1. The molecule has 1 saturated carbocycles. The number of carbonyl (C=O) groups is 2. The van der Waals surface area contributed by atoms with E-state index >= 15 is 0 Å². The van der Waals surface area contributed by atoms with E-state index < -0.39 is 23.0 Å². The van der Waals surface area contributed by atoms with Crippen molar-refractivity contribution in [2.24, 2.45) is 0 Å². The number of fused-ring (bicyclic) bond motifs is 1. The second kappa shape index (κ2) is 13.5. The van der Waals surface area contributed by atoms with Gasteiger partial charge in [0, 0.05) is 11.9 Å². The molecule has 2 aromatic rings. The molecule has 8 nitrogen and oxygen atoms in total. The first-order valence-corrected chi connectivity index (χ1v) is 13.7. The van der Waals surface area contributed by atoms with Crippen LogP contribution in [0.4, 0.5) is 0 Å². The molecule has 0 radical (unpaired) electrons. The molecule has 3 rings (SSSR count). The Morgan fingerprint density at radius 1 is 1.00 bits per heavy atom. The van der Waals surface area contributed by atoms with Crippen molar-refractivity contribution in [1.82, 2.24) is 9.88 Å². The average molecular weight is 515 g/mol. The van der Waals surface area contributed by atoms with Gasteiger partial charge in [-0.1, -0.05) is 58.8 Å². The molecular weight excluding hydrogens is 472 g/mol. The van der Waals surface area contributed by atoms with Crippen LogP contribution in [0.5, 0.6) is 11.5 Å². The van der Waals surface area contributed by atoms with Crippen LogP contribution in [0.2, 0.25) is 0 Å². The van der Waals surface area contributed by atoms with Gasteiger partial charge in [0.05, 0.1) is 26.3 Å². The minimum Gasteiger partial charge on any atom is -0.493 e. The summed E-state index contributed by atoms with van der Waals surface area (Å²) in [6.07, 6.45) is 9.36. The second-order valence-corrected chi connectivity index (χ2v) is 9.90. The topological polar surface area (TPSA) is 95.9 Å². The van der Waals surface area contributed by atoms with E-state index in [1.165, 1.54) is 7.11 Å². The number of nitrogens with zero attached hydrogens (tertiary/aromatic N) is 1. The van der Waals surface area contributed by atoms with Crippen LogP contribution in [-0.4, -0.2) is 42.8 Å². The third-order valence-electron chi connectivity index (χ3n) is 7.25. The van der Waals surface area contributed by atoms with Crippen LogP contribution in [0, 0.1) is 0 Å². The number of hydrogen-bond donors (Lipinski definition) is 1. The van der Waals surface area contributed by atoms with Gasteiger partial charge in [0.15, 0.2) is 11.5 Å². The summed E-state index contributed by atoms with van der Waals surface area (Å²) in [4.78, 5) is 40.1. The van der Waals surface area contributed by atoms with Crippen molar-refractivity contribution in [3.8, 4) is 11.5 Å². The smallest absolute Gasteiger partial charge is 0.331 e. The Bertz CT molecular complexity index is 1130. The first kappa shape index (κ1) is 28.5. The molecule has 0 atom stereocenters. The molecule has 8 heteroatoms. The molecule has 1 aliphatic carbocycles. The highest BCUT2D eigenvalue weighted by Crippen LogP contribution is 2.36. The number of hydrogen-bond acceptors (Lipinski definition) is 6. The van der Waals surface area contributed by atoms with Crippen LogP contribution in [-0.2, 0) is 16.1 Å². The number of pyridine rings is 1. The monoisotopic (exact) mass is 514 g/mol. The summed E-state index contributed by atoms with van der Waals surface area (Å²) in [6.45, 7) is 5.20. The van der Waals surface area contributed by atoms with Crippen LogP contribution >= 0.6 is 0 Å². The number of methoxy groups -OCH3 is 2. The van der Waals surface area contributed by atoms with Crippen molar-refractivity contribution in [2.45, 2.75) is 96.6 Å². The molecule has 204 valence electrons. The van der Waals surface area contributed by atoms with Crippen molar-refractivity contribution in [2.75, 3.05) is 20.8 Å². The van der Waals surface area contributed by atoms with E-state index in [-0.39, 0.29) is 5.56 Å². The highest BCUT2D eigenvalue weighted by Gasteiger charge is 2.42. The summed E-state index contributed by atoms with van der Waals surface area (Å²) in [5, 5.41) is 3.61. The Balaban J connectivity index is 2.10. The first-order chi connectivity index (χ1) is 17.9. The van der Waals surface area contributed by atoms with E-state index in [0.717, 1.165) is 57.8 Å². The number of ether oxygens (including phenoxy) is 3. The van der Waals surface area contributed by atoms with Gasteiger partial charge in [-0.05, 0) is 43.9 Å². The molecule has 1 aromatic heterocycles. The summed E-state index contributed by atoms with van der Waals surface area (Å²) in [5.41, 5.74) is -0.858. The standard InChI is InChI=1S/C29H42N2O6/c1-5-7-12-18-31-24-21(14-15-23(35-3)25(24)37-19-13-8-6-2)20-22(27(31)33)26(32)30-29(28(34)36-4)16-10-9-11-17-29/h14-15,20H,5-13,16-19H2,1-4H3,(H,30,32). The maximum Gasteiger partial charge on any atom is 0.331 e. The van der Waals surface area contributed by atoms with Crippen LogP contribution in [0.25, 0.3) is 10.9 Å². The van der Waals surface area contributed by atoms with Crippen LogP contribution in [0.1, 0.15) is 94.8 Å². The molecule has 0 spiro atoms. The zero-order valence-electron chi connectivity index (χ0n) is 22.8. The van der Waals surface area contributed by atoms with Crippen molar-refractivity contribution >= 4 is 22.8 Å². The molecule has 0 unspecified atom stereocenters. The number of aryl methyl sites for hydroxylation is 1. The lowest BCUT2D eigenvalue weighted by Crippen LogP contribution is -2.56. The number of aromatic nitrogens is 1. The van der Waals surface area contributed by atoms with E-state index in [1.807, 2.05) is 6.07 Å². The lowest BCUT2D eigenvalue weighted by atomic mass is 9.81. The number of amides is 1. The number of unbranched alkanes of at least 4 members (excludes halogenated alkanes) is 4. The number of rotatable bonds is 13. The van der Waals surface area contributed by atoms with Gasteiger partial charge in [0.1, 0.15) is 11.1 Å². The van der Waals surface area contributed by atoms with Gasteiger partial charge >= 0.3 is 5.97 Å². The lowest BCUT2D eigenvalue weighted by molar-refractivity contribution is -0.149. The number of benzene rings is 1. The lowest BCUT2D eigenvalue weighted by Gasteiger charge is -2.35. The fourth-order valence-electron chi connectivity index (χ4n) is 5.16. The van der Waals surface area contributed by atoms with Crippen LogP contribution in [0.3, 0.4) is 0 Å². The van der Waals surface area contributed by atoms with Crippen molar-refractivity contribution in [3.63, 3.8) is 0 Å². The third kappa shape index (κ3) is 6.46. The van der Waals surface area contributed by atoms with Crippen molar-refractivity contribution in [3.05, 3.63) is 34.1 Å². The molecule has 0 bridgehead atoms. The molecule has 0 saturated heterocycles. The molecule has 0 aliphatic heterocycles. The fraction of sp³-hybridized carbons (Fsp3) is 0.621. The van der Waals surface area contributed by atoms with Crippen LogP contribution in [0.15, 0.2) is 23.0 Å². The van der Waals surface area contributed by atoms with Gasteiger partial charge < -0.3 is 24.1 Å². The van der Waals surface area contributed by atoms with Gasteiger partial charge in [-0.3, -0.25) is 9.59 Å². The summed E-state index contributed by atoms with van der Waals surface area (Å²) < 4.78 is 18.5. The minimum atomic E-state index is -1.11. The maximum absolute atomic E-state index is 13.8. The SMILES string of the molecule is CCCCCOc1c(OC)ccc2cc(C(=O)NC3(C(=O)OC)CCCCC3)c(=O)n(CCCCC)c12. The molecule has 1 fully saturated rings. The predicted octanol–water partition coefficient (Wildman–Crippen LogP) is 5.38. The third-order valence-corrected chi connectivity index (χ3v) is 7.25. The van der Waals surface area contributed by atoms with E-state index in [1.54, 1.807) is 23.8 Å². The van der Waals surface area contributed by atoms with E-state index in [0.29, 0.717) is 48.4 Å². The number of esters is 1. The Kier molecular flexibility index (Phi) is 10.4. The van der Waals surface area contributed by atoms with E-state index in [9.17, 15) is 14.4 Å². The highest BCUT2D eigenvalue weighted by molar-refractivity contribution is 6.01. The minimum absolute atomic E-state index is 0.0138. The highest BCUT2D eigenvalue weighted by atomic mass is 16.5. The molecule has 37 heavy (non-hydrogen) atoms. The summed E-state index contributed by atoms with van der Waals surface area (Å²) in [6, 6.07) is 5.25. The molecular formula is C29H42N2O6. The Morgan fingerprint density at radius 2 is 1.70 bits per heavy atom. The van der Waals surface area contributed by atoms with Gasteiger partial charge in [0.2, 0.25) is 0 Å². The van der Waals surface area contributed by atoms with Gasteiger partial charge in [0.25, 0.3) is 11.5 Å². The van der Waals surface area contributed by atoms with Gasteiger partial charge in [-0.2, -0.15) is 0 Å². The van der Waals surface area contributed by atoms with Gasteiger partial charge in [-0.25, -0.2) is 4.79 Å². The summed E-state index contributed by atoms with van der Waals surface area (Å²) in [7, 11) is 2.91. The Labute approximate surface area is 219 Å². The van der Waals surface area contributed by atoms with E-state index in [2.05, 4.69) is 19.2 Å². The molecule has 1 heterocycles. The Morgan fingerprint density at radius 3 is 2.35 bits per heavy atom. The fourth-order valence-corrected chi connectivity index (χ4v) is 5.16. The van der Waals surface area contributed by atoms with Crippen LogP contribution < -0.4 is 20.3 Å². The van der Waals surface area contributed by atoms with Crippen molar-refractivity contribution in [1.29, 1.82) is 0 Å². The average Bonchev–Trinajstić information content (AvgIpc) is 2.91. The second-order valence-electron chi connectivity index (χ2n) is 9.90. The molecule has 1 aromatic carbocycles. The predicted molar refractivity (Wildman–Crippen MR) is 145 cm³/mol. The normalized spacial score (nSPS) is 14.8. The molecule has 1 amide bonds. The zero-order chi connectivity index (χ0) is 26.8. The van der Waals surface area contributed by atoms with Crippen molar-refractivity contribution < 1.29 is 23.8 Å². The zero-order valence-corrected chi connectivity index (χ0v) is 22.8. The summed E-state index contributed by atoms with van der Waals surface area (Å²) >= 11 is 0. The molecule has 1 N–H and O–H groups in total. The quantitative estimate of drug-likeness (QED) is 0.285.